The molecule has 2 aliphatic rings. The Labute approximate surface area is 201 Å². The quantitative estimate of drug-likeness (QED) is 0.412. The first-order valence-electron chi connectivity index (χ1n) is 11.5. The van der Waals surface area contributed by atoms with Gasteiger partial charge in [-0.3, -0.25) is 19.3 Å². The summed E-state index contributed by atoms with van der Waals surface area (Å²) in [6, 6.07) is 5.76. The van der Waals surface area contributed by atoms with Crippen LogP contribution in [0.25, 0.3) is 22.0 Å². The first-order chi connectivity index (χ1) is 17.0. The van der Waals surface area contributed by atoms with E-state index in [1.165, 1.54) is 5.06 Å². The summed E-state index contributed by atoms with van der Waals surface area (Å²) in [7, 11) is 1.60. The molecular weight excluding hydrogens is 446 g/mol. The van der Waals surface area contributed by atoms with Gasteiger partial charge in [0.2, 0.25) is 0 Å². The molecule has 178 valence electrons. The topological polar surface area (TPSA) is 136 Å². The maximum absolute atomic E-state index is 12.1. The van der Waals surface area contributed by atoms with E-state index in [4.69, 9.17) is 10.6 Å². The van der Waals surface area contributed by atoms with E-state index < -0.39 is 0 Å². The van der Waals surface area contributed by atoms with Gasteiger partial charge >= 0.3 is 0 Å². The SMILES string of the molecule is Cc1c(-c2cc3cc(Nc4cc5n(n4)CC(=O)N(C)OC5)ncc3c(N)n2)cnc2c1NCCC2. The van der Waals surface area contributed by atoms with Gasteiger partial charge in [0, 0.05) is 43.0 Å². The number of rotatable bonds is 3. The Morgan fingerprint density at radius 1 is 1.17 bits per heavy atom. The summed E-state index contributed by atoms with van der Waals surface area (Å²) in [5.74, 6) is 1.43. The summed E-state index contributed by atoms with van der Waals surface area (Å²) in [4.78, 5) is 31.3. The van der Waals surface area contributed by atoms with Crippen LogP contribution in [0.3, 0.4) is 0 Å². The van der Waals surface area contributed by atoms with Crippen molar-refractivity contribution in [2.75, 3.05) is 30.0 Å². The molecular formula is C24H25N9O2. The number of nitrogens with two attached hydrogens (primary N) is 1. The van der Waals surface area contributed by atoms with E-state index in [0.717, 1.165) is 64.1 Å². The highest BCUT2D eigenvalue weighted by Crippen LogP contribution is 2.34. The fourth-order valence-electron chi connectivity index (χ4n) is 4.55. The second-order valence-corrected chi connectivity index (χ2v) is 8.80. The molecule has 0 fully saturated rings. The van der Waals surface area contributed by atoms with Gasteiger partial charge in [-0.15, -0.1) is 0 Å². The van der Waals surface area contributed by atoms with Gasteiger partial charge in [0.1, 0.15) is 24.8 Å². The van der Waals surface area contributed by atoms with Gasteiger partial charge in [0.05, 0.1) is 22.8 Å². The van der Waals surface area contributed by atoms with Gasteiger partial charge in [0.25, 0.3) is 5.91 Å². The molecule has 0 saturated carbocycles. The first-order valence-corrected chi connectivity index (χ1v) is 11.5. The number of nitrogen functional groups attached to an aromatic ring is 1. The first kappa shape index (κ1) is 21.3. The number of pyridine rings is 3. The molecule has 11 nitrogen and oxygen atoms in total. The van der Waals surface area contributed by atoms with Crippen LogP contribution in [0, 0.1) is 6.92 Å². The molecule has 0 unspecified atom stereocenters. The monoisotopic (exact) mass is 471 g/mol. The number of anilines is 4. The fourth-order valence-corrected chi connectivity index (χ4v) is 4.55. The van der Waals surface area contributed by atoms with E-state index in [9.17, 15) is 4.79 Å². The van der Waals surface area contributed by atoms with E-state index in [2.05, 4.69) is 37.6 Å². The van der Waals surface area contributed by atoms with Crippen LogP contribution in [0.15, 0.2) is 30.6 Å². The molecule has 2 aliphatic heterocycles. The van der Waals surface area contributed by atoms with Crippen LogP contribution in [0.2, 0.25) is 0 Å². The number of carbonyl (C=O) groups excluding carboxylic acids is 1. The summed E-state index contributed by atoms with van der Waals surface area (Å²) in [5.41, 5.74) is 12.1. The zero-order chi connectivity index (χ0) is 24.1. The van der Waals surface area contributed by atoms with E-state index >= 15 is 0 Å². The van der Waals surface area contributed by atoms with Crippen molar-refractivity contribution in [1.82, 2.24) is 29.8 Å². The standard InChI is InChI=1S/C24H25N9O2/c1-13-16(9-27-18-4-3-5-26-23(13)18)19-6-14-7-20(28-10-17(14)24(25)29-19)30-21-8-15-12-35-32(2)22(34)11-33(15)31-21/h6-10,26H,3-5,11-12H2,1-2H3,(H2,25,29)(H,28,30,31). The molecule has 0 aromatic carbocycles. The number of fused-ring (bicyclic) bond motifs is 3. The van der Waals surface area contributed by atoms with Crippen molar-refractivity contribution in [2.24, 2.45) is 0 Å². The lowest BCUT2D eigenvalue weighted by Crippen LogP contribution is -2.27. The number of aromatic nitrogens is 5. The lowest BCUT2D eigenvalue weighted by molar-refractivity contribution is -0.180. The molecule has 0 aliphatic carbocycles. The van der Waals surface area contributed by atoms with Gasteiger partial charge < -0.3 is 16.4 Å². The average molecular weight is 472 g/mol. The summed E-state index contributed by atoms with van der Waals surface area (Å²) >= 11 is 0. The minimum absolute atomic E-state index is 0.118. The maximum Gasteiger partial charge on any atom is 0.267 e. The summed E-state index contributed by atoms with van der Waals surface area (Å²) < 4.78 is 1.63. The molecule has 0 bridgehead atoms. The Bertz CT molecular complexity index is 1480. The lowest BCUT2D eigenvalue weighted by atomic mass is 9.99. The molecule has 0 spiro atoms. The number of nitrogens with one attached hydrogen (secondary N) is 2. The summed E-state index contributed by atoms with van der Waals surface area (Å²) in [5, 5.41) is 14.1. The molecule has 35 heavy (non-hydrogen) atoms. The highest BCUT2D eigenvalue weighted by Gasteiger charge is 2.21. The van der Waals surface area contributed by atoms with Gasteiger partial charge in [-0.05, 0) is 42.8 Å². The molecule has 0 saturated heterocycles. The number of hydroxylamine groups is 2. The number of carbonyl (C=O) groups is 1. The Morgan fingerprint density at radius 2 is 2.06 bits per heavy atom. The fraction of sp³-hybridized carbons (Fsp3) is 0.292. The summed E-state index contributed by atoms with van der Waals surface area (Å²) in [6.45, 7) is 3.41. The van der Waals surface area contributed by atoms with Gasteiger partial charge in [-0.25, -0.2) is 15.0 Å². The van der Waals surface area contributed by atoms with Gasteiger partial charge in [0.15, 0.2) is 5.82 Å². The van der Waals surface area contributed by atoms with E-state index in [1.807, 2.05) is 24.4 Å². The third-order valence-corrected chi connectivity index (χ3v) is 6.49. The molecule has 6 heterocycles. The van der Waals surface area contributed by atoms with Crippen molar-refractivity contribution < 1.29 is 9.63 Å². The smallest absolute Gasteiger partial charge is 0.267 e. The Balaban J connectivity index is 1.33. The molecule has 0 atom stereocenters. The molecule has 0 radical (unpaired) electrons. The number of nitrogens with zero attached hydrogens (tertiary/aromatic N) is 6. The Morgan fingerprint density at radius 3 is 2.94 bits per heavy atom. The van der Waals surface area contributed by atoms with Crippen LogP contribution in [-0.4, -0.2) is 49.3 Å². The van der Waals surface area contributed by atoms with Crippen LogP contribution in [0.5, 0.6) is 0 Å². The zero-order valence-electron chi connectivity index (χ0n) is 19.5. The van der Waals surface area contributed by atoms with Crippen molar-refractivity contribution >= 4 is 39.8 Å². The van der Waals surface area contributed by atoms with Crippen molar-refractivity contribution in [3.8, 4) is 11.3 Å². The number of amides is 1. The van der Waals surface area contributed by atoms with Crippen LogP contribution in [0.4, 0.5) is 23.1 Å². The molecule has 4 N–H and O–H groups in total. The van der Waals surface area contributed by atoms with Gasteiger partial charge in [-0.1, -0.05) is 0 Å². The van der Waals surface area contributed by atoms with Crippen molar-refractivity contribution in [1.29, 1.82) is 0 Å². The van der Waals surface area contributed by atoms with E-state index in [1.54, 1.807) is 17.9 Å². The highest BCUT2D eigenvalue weighted by atomic mass is 16.7. The predicted octanol–water partition coefficient (Wildman–Crippen LogP) is 2.78. The summed E-state index contributed by atoms with van der Waals surface area (Å²) in [6.07, 6.45) is 5.65. The van der Waals surface area contributed by atoms with Crippen molar-refractivity contribution in [3.05, 3.63) is 47.5 Å². The van der Waals surface area contributed by atoms with Crippen molar-refractivity contribution in [2.45, 2.75) is 32.9 Å². The Kier molecular flexibility index (Phi) is 4.99. The van der Waals surface area contributed by atoms with Crippen LogP contribution in [-0.2, 0) is 29.2 Å². The van der Waals surface area contributed by atoms with Gasteiger partial charge in [-0.2, -0.15) is 5.10 Å². The van der Waals surface area contributed by atoms with Crippen molar-refractivity contribution in [3.63, 3.8) is 0 Å². The second kappa shape index (κ2) is 8.20. The third-order valence-electron chi connectivity index (χ3n) is 6.49. The average Bonchev–Trinajstić information content (AvgIpc) is 3.17. The van der Waals surface area contributed by atoms with Crippen LogP contribution >= 0.6 is 0 Å². The minimum Gasteiger partial charge on any atom is -0.383 e. The Hall–Kier alpha value is -4.25. The zero-order valence-corrected chi connectivity index (χ0v) is 19.5. The number of aryl methyl sites for hydroxylation is 1. The molecule has 1 amide bonds. The maximum atomic E-state index is 12.1. The molecule has 6 rings (SSSR count). The minimum atomic E-state index is -0.167. The number of hydrogen-bond donors (Lipinski definition) is 3. The number of hydrogen-bond acceptors (Lipinski definition) is 9. The molecule has 4 aromatic heterocycles. The predicted molar refractivity (Wildman–Crippen MR) is 132 cm³/mol. The van der Waals surface area contributed by atoms with Crippen LogP contribution < -0.4 is 16.4 Å². The second-order valence-electron chi connectivity index (χ2n) is 8.80. The lowest BCUT2D eigenvalue weighted by Gasteiger charge is -2.21. The molecule has 4 aromatic rings. The largest absolute Gasteiger partial charge is 0.383 e. The molecule has 11 heteroatoms. The van der Waals surface area contributed by atoms with Crippen LogP contribution in [0.1, 0.15) is 23.4 Å². The number of likely N-dealkylation sites (N-methyl/N-ethyl adjacent to an activating group) is 1. The van der Waals surface area contributed by atoms with E-state index in [-0.39, 0.29) is 19.1 Å². The van der Waals surface area contributed by atoms with E-state index in [0.29, 0.717) is 17.5 Å². The normalized spacial score (nSPS) is 15.4. The third kappa shape index (κ3) is 3.79. The highest BCUT2D eigenvalue weighted by molar-refractivity contribution is 5.95.